The van der Waals surface area contributed by atoms with Crippen LogP contribution in [0.4, 0.5) is 9.59 Å². The number of nitrogens with one attached hydrogen (secondary N) is 4. The van der Waals surface area contributed by atoms with Crippen LogP contribution in [0.5, 0.6) is 0 Å². The maximum atomic E-state index is 11.7. The van der Waals surface area contributed by atoms with Gasteiger partial charge in [-0.2, -0.15) is 0 Å². The second-order valence-corrected chi connectivity index (χ2v) is 22.4. The molecule has 0 spiro atoms. The number of aliphatic hydroxyl groups excluding tert-OH is 1. The van der Waals surface area contributed by atoms with Crippen molar-refractivity contribution in [2.75, 3.05) is 39.4 Å². The molecule has 0 saturated heterocycles. The second kappa shape index (κ2) is 40.1. The van der Waals surface area contributed by atoms with Crippen LogP contribution in [0.1, 0.15) is 189 Å². The molecular weight excluding hydrogens is 797 g/mol. The Labute approximate surface area is 387 Å². The summed E-state index contributed by atoms with van der Waals surface area (Å²) in [5, 5.41) is 23.1. The highest BCUT2D eigenvalue weighted by Gasteiger charge is 2.49. The Kier molecular flexibility index (Phi) is 36.7. The Balaban J connectivity index is 0.000000735. The van der Waals surface area contributed by atoms with Gasteiger partial charge >= 0.3 is 12.1 Å². The van der Waals surface area contributed by atoms with Gasteiger partial charge in [0.25, 0.3) is 8.32 Å². The van der Waals surface area contributed by atoms with Crippen LogP contribution in [0.3, 0.4) is 0 Å². The highest BCUT2D eigenvalue weighted by Crippen LogP contribution is 2.36. The Morgan fingerprint density at radius 1 is 0.492 bits per heavy atom. The van der Waals surface area contributed by atoms with E-state index in [9.17, 15) is 9.59 Å². The predicted octanol–water partition coefficient (Wildman–Crippen LogP) is 12.7. The molecule has 358 valence electrons. The zero-order chi connectivity index (χ0) is 46.0. The molecule has 63 heavy (non-hydrogen) atoms. The monoisotopic (exact) mass is 891 g/mol. The molecule has 0 atom stereocenters. The van der Waals surface area contributed by atoms with Crippen LogP contribution in [-0.2, 0) is 4.43 Å². The van der Waals surface area contributed by atoms with Gasteiger partial charge in [0.15, 0.2) is 0 Å². The van der Waals surface area contributed by atoms with E-state index in [1.807, 2.05) is 0 Å². The normalized spacial score (nSPS) is 11.7. The number of carbonyl (C=O) groups is 2. The van der Waals surface area contributed by atoms with Gasteiger partial charge in [-0.25, -0.2) is 9.59 Å². The number of hydrogen-bond acceptors (Lipinski definition) is 4. The summed E-state index contributed by atoms with van der Waals surface area (Å²) in [5.41, 5.74) is 0. The van der Waals surface area contributed by atoms with Crippen LogP contribution in [0.25, 0.3) is 0 Å². The van der Waals surface area contributed by atoms with Crippen molar-refractivity contribution in [3.8, 4) is 0 Å². The minimum atomic E-state index is -2.40. The minimum Gasteiger partial charge on any atom is -0.407 e. The van der Waals surface area contributed by atoms with Crippen LogP contribution in [0.2, 0.25) is 5.04 Å². The van der Waals surface area contributed by atoms with Gasteiger partial charge in [0.1, 0.15) is 0 Å². The van der Waals surface area contributed by atoms with E-state index in [1.54, 1.807) is 0 Å². The van der Waals surface area contributed by atoms with Crippen molar-refractivity contribution >= 4 is 30.8 Å². The van der Waals surface area contributed by atoms with Crippen LogP contribution in [-0.4, -0.2) is 64.9 Å². The Hall–Kier alpha value is -3.40. The summed E-state index contributed by atoms with van der Waals surface area (Å²) in [6.45, 7) is 15.6. The first kappa shape index (κ1) is 57.6. The van der Waals surface area contributed by atoms with Crippen molar-refractivity contribution in [1.82, 2.24) is 21.3 Å². The van der Waals surface area contributed by atoms with Crippen LogP contribution >= 0.6 is 0 Å². The predicted molar refractivity (Wildman–Crippen MR) is 274 cm³/mol. The lowest BCUT2D eigenvalue weighted by Crippen LogP contribution is -2.66. The van der Waals surface area contributed by atoms with Crippen molar-refractivity contribution in [3.05, 3.63) is 85.0 Å². The average Bonchev–Trinajstić information content (AvgIpc) is 3.28. The number of allylic oxidation sites excluding steroid dienone is 4. The molecule has 9 heteroatoms. The summed E-state index contributed by atoms with van der Waals surface area (Å²) >= 11 is 0. The smallest absolute Gasteiger partial charge is 0.314 e. The van der Waals surface area contributed by atoms with Gasteiger partial charge in [-0.3, -0.25) is 0 Å². The van der Waals surface area contributed by atoms with E-state index in [2.05, 4.69) is 141 Å². The second-order valence-electron chi connectivity index (χ2n) is 18.1. The summed E-state index contributed by atoms with van der Waals surface area (Å²) in [4.78, 5) is 23.1. The van der Waals surface area contributed by atoms with E-state index < -0.39 is 8.32 Å². The molecule has 0 aliphatic carbocycles. The van der Waals surface area contributed by atoms with Crippen molar-refractivity contribution in [1.29, 1.82) is 0 Å². The molecule has 0 bridgehead atoms. The van der Waals surface area contributed by atoms with Crippen molar-refractivity contribution < 1.29 is 19.1 Å². The van der Waals surface area contributed by atoms with Gasteiger partial charge in [-0.1, -0.05) is 184 Å². The first-order chi connectivity index (χ1) is 30.7. The van der Waals surface area contributed by atoms with Gasteiger partial charge < -0.3 is 30.8 Å². The summed E-state index contributed by atoms with van der Waals surface area (Å²) in [6.07, 6.45) is 36.9. The van der Waals surface area contributed by atoms with Crippen molar-refractivity contribution in [2.24, 2.45) is 0 Å². The molecule has 0 unspecified atom stereocenters. The molecule has 5 N–H and O–H groups in total. The SMILES string of the molecule is CCCCCNC(=O)NCCCC/C=C\CCCCCCCO.CCCCCNC(=O)NCCCC/C=C\CCCCCCCO[Si](c1ccccc1)(c1ccccc1)C(C)(C)C. The van der Waals surface area contributed by atoms with Crippen LogP contribution < -0.4 is 31.6 Å². The third-order valence-corrected chi connectivity index (χ3v) is 16.5. The third kappa shape index (κ3) is 29.6. The molecule has 2 aromatic carbocycles. The summed E-state index contributed by atoms with van der Waals surface area (Å²) < 4.78 is 7.01. The number of benzene rings is 2. The van der Waals surface area contributed by atoms with E-state index in [1.165, 1.54) is 81.0 Å². The molecule has 0 fully saturated rings. The Morgan fingerprint density at radius 2 is 0.825 bits per heavy atom. The van der Waals surface area contributed by atoms with Crippen molar-refractivity contribution in [2.45, 2.75) is 194 Å². The summed E-state index contributed by atoms with van der Waals surface area (Å²) in [6, 6.07) is 21.8. The number of aliphatic hydroxyl groups is 1. The first-order valence-corrected chi connectivity index (χ1v) is 27.3. The van der Waals surface area contributed by atoms with E-state index in [0.717, 1.165) is 116 Å². The first-order valence-electron chi connectivity index (χ1n) is 25.4. The summed E-state index contributed by atoms with van der Waals surface area (Å²) in [5.74, 6) is 0. The topological polar surface area (TPSA) is 112 Å². The van der Waals surface area contributed by atoms with Gasteiger partial charge in [0.2, 0.25) is 0 Å². The van der Waals surface area contributed by atoms with Crippen molar-refractivity contribution in [3.63, 3.8) is 0 Å². The van der Waals surface area contributed by atoms with E-state index >= 15 is 0 Å². The highest BCUT2D eigenvalue weighted by molar-refractivity contribution is 6.99. The number of hydrogen-bond donors (Lipinski definition) is 5. The molecule has 0 radical (unpaired) electrons. The molecule has 0 aliphatic rings. The lowest BCUT2D eigenvalue weighted by Gasteiger charge is -2.43. The molecule has 0 aromatic heterocycles. The summed E-state index contributed by atoms with van der Waals surface area (Å²) in [7, 11) is -2.40. The lowest BCUT2D eigenvalue weighted by atomic mass is 10.1. The zero-order valence-electron chi connectivity index (χ0n) is 41.0. The van der Waals surface area contributed by atoms with E-state index in [0.29, 0.717) is 6.61 Å². The lowest BCUT2D eigenvalue weighted by molar-refractivity contribution is 0.239. The van der Waals surface area contributed by atoms with Gasteiger partial charge in [0, 0.05) is 39.4 Å². The molecule has 0 heterocycles. The standard InChI is InChI=1S/C35H56N2O2Si.C19H38N2O2/c1-5-6-22-29-36-34(38)37-30-23-14-12-10-8-7-9-11-13-15-24-31-39-40(35(2,3)4,32-25-18-16-19-26-32)33-27-20-17-21-28-33;1-2-3-13-16-20-19(23)21-17-14-11-9-7-5-4-6-8-10-12-15-18-22/h8,10,16-21,25-28H,5-7,9,11-15,22-24,29-31H2,1-4H3,(H2,36,37,38);5,7,22H,2-4,6,8-18H2,1H3,(H2,20,21,23)/b10-8-;7-5-. The molecule has 4 amide bonds. The zero-order valence-corrected chi connectivity index (χ0v) is 42.0. The fourth-order valence-electron chi connectivity index (χ4n) is 7.71. The number of amides is 4. The molecule has 8 nitrogen and oxygen atoms in total. The fraction of sp³-hybridized carbons (Fsp3) is 0.667. The maximum absolute atomic E-state index is 11.7. The third-order valence-electron chi connectivity index (χ3n) is 11.4. The van der Waals surface area contributed by atoms with Crippen LogP contribution in [0.15, 0.2) is 85.0 Å². The molecule has 0 saturated carbocycles. The van der Waals surface area contributed by atoms with Gasteiger partial charge in [0.05, 0.1) is 0 Å². The minimum absolute atomic E-state index is 0.0267. The Morgan fingerprint density at radius 3 is 1.19 bits per heavy atom. The van der Waals surface area contributed by atoms with Gasteiger partial charge in [-0.15, -0.1) is 0 Å². The quantitative estimate of drug-likeness (QED) is 0.0266. The maximum Gasteiger partial charge on any atom is 0.314 e. The number of carbonyl (C=O) groups excluding carboxylic acids is 2. The largest absolute Gasteiger partial charge is 0.407 e. The highest BCUT2D eigenvalue weighted by atomic mass is 28.4. The average molecular weight is 891 g/mol. The molecule has 2 aromatic rings. The molecular formula is C54H94N4O4Si. The fourth-order valence-corrected chi connectivity index (χ4v) is 12.3. The van der Waals surface area contributed by atoms with E-state index in [4.69, 9.17) is 9.53 Å². The Bertz CT molecular complexity index is 1360. The van der Waals surface area contributed by atoms with Crippen LogP contribution in [0, 0.1) is 0 Å². The van der Waals surface area contributed by atoms with E-state index in [-0.39, 0.29) is 17.1 Å². The number of unbranched alkanes of at least 4 members (excludes halogenated alkanes) is 18. The number of urea groups is 2. The molecule has 2 rings (SSSR count). The van der Waals surface area contributed by atoms with Gasteiger partial charge in [-0.05, 0) is 105 Å². The molecule has 0 aliphatic heterocycles. The number of rotatable bonds is 36.